The van der Waals surface area contributed by atoms with Crippen LogP contribution in [0.3, 0.4) is 0 Å². The van der Waals surface area contributed by atoms with E-state index in [1.807, 2.05) is 45.2 Å². The molecule has 0 aliphatic rings. The zero-order valence-corrected chi connectivity index (χ0v) is 15.6. The van der Waals surface area contributed by atoms with Crippen LogP contribution < -0.4 is 10.6 Å². The van der Waals surface area contributed by atoms with Crippen molar-refractivity contribution >= 4 is 23.1 Å². The standard InChI is InChI=1S/C21H22N4O2/c1-14-20(15(2)25(3)24-14)23-19(26)13-22-18-11-7-10-17(12-18)21(27)16-8-5-4-6-9-16/h4-12,22H,13H2,1-3H3,(H,23,26). The summed E-state index contributed by atoms with van der Waals surface area (Å²) < 4.78 is 1.73. The minimum Gasteiger partial charge on any atom is -0.376 e. The van der Waals surface area contributed by atoms with Crippen molar-refractivity contribution in [3.05, 3.63) is 77.1 Å². The maximum Gasteiger partial charge on any atom is 0.243 e. The molecular weight excluding hydrogens is 340 g/mol. The first-order valence-electron chi connectivity index (χ1n) is 8.69. The van der Waals surface area contributed by atoms with E-state index in [1.165, 1.54) is 0 Å². The molecule has 3 rings (SSSR count). The van der Waals surface area contributed by atoms with E-state index in [0.29, 0.717) is 16.8 Å². The number of carbonyl (C=O) groups excluding carboxylic acids is 2. The zero-order valence-electron chi connectivity index (χ0n) is 15.6. The summed E-state index contributed by atoms with van der Waals surface area (Å²) in [4.78, 5) is 24.8. The van der Waals surface area contributed by atoms with Gasteiger partial charge in [-0.25, -0.2) is 0 Å². The Balaban J connectivity index is 1.65. The molecule has 1 amide bonds. The molecule has 0 radical (unpaired) electrons. The second kappa shape index (κ2) is 7.86. The van der Waals surface area contributed by atoms with Crippen LogP contribution in [0.15, 0.2) is 54.6 Å². The molecule has 3 aromatic rings. The van der Waals surface area contributed by atoms with Crippen molar-refractivity contribution < 1.29 is 9.59 Å². The average Bonchev–Trinajstić information content (AvgIpc) is 2.93. The lowest BCUT2D eigenvalue weighted by atomic mass is 10.0. The summed E-state index contributed by atoms with van der Waals surface area (Å²) >= 11 is 0. The van der Waals surface area contributed by atoms with Crippen molar-refractivity contribution in [3.63, 3.8) is 0 Å². The normalized spacial score (nSPS) is 10.5. The second-order valence-corrected chi connectivity index (χ2v) is 6.35. The lowest BCUT2D eigenvalue weighted by Gasteiger charge is -2.09. The van der Waals surface area contributed by atoms with Crippen molar-refractivity contribution in [3.8, 4) is 0 Å². The highest BCUT2D eigenvalue weighted by Crippen LogP contribution is 2.18. The summed E-state index contributed by atoms with van der Waals surface area (Å²) in [6.07, 6.45) is 0. The van der Waals surface area contributed by atoms with Crippen LogP contribution >= 0.6 is 0 Å². The van der Waals surface area contributed by atoms with E-state index in [0.717, 1.165) is 17.1 Å². The Morgan fingerprint density at radius 3 is 2.37 bits per heavy atom. The van der Waals surface area contributed by atoms with E-state index in [2.05, 4.69) is 15.7 Å². The Bertz CT molecular complexity index is 977. The molecule has 0 bridgehead atoms. The number of nitrogens with one attached hydrogen (secondary N) is 2. The molecule has 0 unspecified atom stereocenters. The van der Waals surface area contributed by atoms with E-state index in [9.17, 15) is 9.59 Å². The maximum atomic E-state index is 12.5. The Morgan fingerprint density at radius 2 is 1.70 bits per heavy atom. The zero-order chi connectivity index (χ0) is 19.4. The number of ketones is 1. The SMILES string of the molecule is Cc1nn(C)c(C)c1NC(=O)CNc1cccc(C(=O)c2ccccc2)c1. The molecule has 2 aromatic carbocycles. The van der Waals surface area contributed by atoms with Crippen molar-refractivity contribution in [1.82, 2.24) is 9.78 Å². The van der Waals surface area contributed by atoms with Crippen molar-refractivity contribution in [2.45, 2.75) is 13.8 Å². The monoisotopic (exact) mass is 362 g/mol. The molecule has 0 saturated carbocycles. The molecule has 138 valence electrons. The topological polar surface area (TPSA) is 76.0 Å². The molecule has 1 aromatic heterocycles. The summed E-state index contributed by atoms with van der Waals surface area (Å²) in [5, 5.41) is 10.2. The third-order valence-corrected chi connectivity index (χ3v) is 4.39. The number of aryl methyl sites for hydroxylation is 2. The molecule has 2 N–H and O–H groups in total. The number of carbonyl (C=O) groups is 2. The molecular formula is C21H22N4O2. The summed E-state index contributed by atoms with van der Waals surface area (Å²) in [6, 6.07) is 16.3. The lowest BCUT2D eigenvalue weighted by molar-refractivity contribution is -0.114. The second-order valence-electron chi connectivity index (χ2n) is 6.35. The van der Waals surface area contributed by atoms with E-state index < -0.39 is 0 Å². The van der Waals surface area contributed by atoms with E-state index in [1.54, 1.807) is 35.0 Å². The quantitative estimate of drug-likeness (QED) is 0.660. The first-order valence-corrected chi connectivity index (χ1v) is 8.69. The number of hydrogen-bond donors (Lipinski definition) is 2. The van der Waals surface area contributed by atoms with E-state index >= 15 is 0 Å². The van der Waals surface area contributed by atoms with Crippen LogP contribution in [0.5, 0.6) is 0 Å². The molecule has 6 nitrogen and oxygen atoms in total. The van der Waals surface area contributed by atoms with Crippen LogP contribution in [0, 0.1) is 13.8 Å². The third kappa shape index (κ3) is 4.23. The Morgan fingerprint density at radius 1 is 1.00 bits per heavy atom. The number of amides is 1. The number of anilines is 2. The minimum atomic E-state index is -0.172. The fraction of sp³-hybridized carbons (Fsp3) is 0.190. The van der Waals surface area contributed by atoms with Crippen LogP contribution in [0.4, 0.5) is 11.4 Å². The van der Waals surface area contributed by atoms with Gasteiger partial charge in [-0.3, -0.25) is 14.3 Å². The lowest BCUT2D eigenvalue weighted by Crippen LogP contribution is -2.22. The number of hydrogen-bond acceptors (Lipinski definition) is 4. The van der Waals surface area contributed by atoms with Gasteiger partial charge in [0.05, 0.1) is 23.6 Å². The Hall–Kier alpha value is -3.41. The fourth-order valence-corrected chi connectivity index (χ4v) is 2.85. The first-order chi connectivity index (χ1) is 13.0. The first kappa shape index (κ1) is 18.4. The number of aromatic nitrogens is 2. The largest absolute Gasteiger partial charge is 0.376 e. The predicted octanol–water partition coefficient (Wildman–Crippen LogP) is 3.32. The number of benzene rings is 2. The highest BCUT2D eigenvalue weighted by molar-refractivity contribution is 6.09. The third-order valence-electron chi connectivity index (χ3n) is 4.39. The van der Waals surface area contributed by atoms with Gasteiger partial charge in [-0.15, -0.1) is 0 Å². The minimum absolute atomic E-state index is 0.0506. The fourth-order valence-electron chi connectivity index (χ4n) is 2.85. The average molecular weight is 362 g/mol. The summed E-state index contributed by atoms with van der Waals surface area (Å²) in [5.74, 6) is -0.223. The molecule has 1 heterocycles. The molecule has 0 aliphatic heterocycles. The smallest absolute Gasteiger partial charge is 0.243 e. The van der Waals surface area contributed by atoms with Gasteiger partial charge in [0.15, 0.2) is 5.78 Å². The molecule has 0 saturated heterocycles. The Labute approximate surface area is 158 Å². The van der Waals surface area contributed by atoms with Gasteiger partial charge in [-0.05, 0) is 26.0 Å². The van der Waals surface area contributed by atoms with Crippen LogP contribution in [0.2, 0.25) is 0 Å². The van der Waals surface area contributed by atoms with Gasteiger partial charge < -0.3 is 10.6 Å². The summed E-state index contributed by atoms with van der Waals surface area (Å²) in [5.41, 5.74) is 4.33. The van der Waals surface area contributed by atoms with Crippen molar-refractivity contribution in [2.24, 2.45) is 7.05 Å². The molecule has 0 spiro atoms. The van der Waals surface area contributed by atoms with Gasteiger partial charge in [0.25, 0.3) is 0 Å². The summed E-state index contributed by atoms with van der Waals surface area (Å²) in [7, 11) is 1.84. The van der Waals surface area contributed by atoms with E-state index in [-0.39, 0.29) is 18.2 Å². The van der Waals surface area contributed by atoms with Gasteiger partial charge in [-0.1, -0.05) is 42.5 Å². The van der Waals surface area contributed by atoms with Crippen molar-refractivity contribution in [2.75, 3.05) is 17.2 Å². The van der Waals surface area contributed by atoms with Crippen LogP contribution in [0.1, 0.15) is 27.3 Å². The molecule has 0 fully saturated rings. The van der Waals surface area contributed by atoms with Crippen LogP contribution in [-0.2, 0) is 11.8 Å². The number of rotatable bonds is 6. The van der Waals surface area contributed by atoms with Gasteiger partial charge in [0.2, 0.25) is 5.91 Å². The Kier molecular flexibility index (Phi) is 5.35. The molecule has 27 heavy (non-hydrogen) atoms. The molecule has 0 atom stereocenters. The summed E-state index contributed by atoms with van der Waals surface area (Å²) in [6.45, 7) is 3.85. The number of nitrogens with zero attached hydrogens (tertiary/aromatic N) is 2. The van der Waals surface area contributed by atoms with Crippen molar-refractivity contribution in [1.29, 1.82) is 0 Å². The van der Waals surface area contributed by atoms with Gasteiger partial charge in [0, 0.05) is 23.9 Å². The van der Waals surface area contributed by atoms with Gasteiger partial charge in [0.1, 0.15) is 0 Å². The molecule has 0 aliphatic carbocycles. The van der Waals surface area contributed by atoms with Gasteiger partial charge >= 0.3 is 0 Å². The van der Waals surface area contributed by atoms with E-state index in [4.69, 9.17) is 0 Å². The predicted molar refractivity (Wildman–Crippen MR) is 106 cm³/mol. The van der Waals surface area contributed by atoms with Crippen LogP contribution in [-0.4, -0.2) is 28.0 Å². The molecule has 6 heteroatoms. The highest BCUT2D eigenvalue weighted by Gasteiger charge is 2.13. The van der Waals surface area contributed by atoms with Gasteiger partial charge in [-0.2, -0.15) is 5.10 Å². The van der Waals surface area contributed by atoms with Crippen LogP contribution in [0.25, 0.3) is 0 Å². The highest BCUT2D eigenvalue weighted by atomic mass is 16.2. The maximum absolute atomic E-state index is 12.5.